The summed E-state index contributed by atoms with van der Waals surface area (Å²) in [4.78, 5) is 1.97. The Bertz CT molecular complexity index is 357. The van der Waals surface area contributed by atoms with Gasteiger partial charge in [0.25, 0.3) is 0 Å². The highest BCUT2D eigenvalue weighted by atomic mass is 19.1. The van der Waals surface area contributed by atoms with E-state index in [1.165, 1.54) is 18.2 Å². The lowest BCUT2D eigenvalue weighted by Gasteiger charge is -2.27. The fourth-order valence-electron chi connectivity index (χ4n) is 2.05. The van der Waals surface area contributed by atoms with Gasteiger partial charge in [0.1, 0.15) is 11.6 Å². The third-order valence-corrected chi connectivity index (χ3v) is 3.17. The van der Waals surface area contributed by atoms with Gasteiger partial charge in [0, 0.05) is 18.2 Å². The molecule has 0 amide bonds. The summed E-state index contributed by atoms with van der Waals surface area (Å²) >= 11 is 0. The maximum atomic E-state index is 13.6. The van der Waals surface area contributed by atoms with Gasteiger partial charge in [0.2, 0.25) is 0 Å². The Hall–Kier alpha value is -1.00. The summed E-state index contributed by atoms with van der Waals surface area (Å²) < 4.78 is 27.2. The normalized spacial score (nSPS) is 17.8. The molecule has 16 heavy (non-hydrogen) atoms. The molecule has 1 unspecified atom stereocenters. The Morgan fingerprint density at radius 1 is 1.38 bits per heavy atom. The third kappa shape index (κ3) is 2.08. The number of likely N-dealkylation sites (N-methyl/N-ethyl adjacent to an activating group) is 1. The second kappa shape index (κ2) is 4.47. The first-order valence-electron chi connectivity index (χ1n) is 5.51. The number of nitrogens with two attached hydrogens (primary N) is 1. The average Bonchev–Trinajstić information content (AvgIpc) is 3.06. The Morgan fingerprint density at radius 2 is 1.94 bits per heavy atom. The summed E-state index contributed by atoms with van der Waals surface area (Å²) in [6, 6.07) is 3.99. The van der Waals surface area contributed by atoms with Crippen LogP contribution in [0.5, 0.6) is 0 Å². The molecule has 1 aromatic rings. The van der Waals surface area contributed by atoms with Crippen LogP contribution in [0.3, 0.4) is 0 Å². The van der Waals surface area contributed by atoms with Crippen molar-refractivity contribution >= 4 is 0 Å². The van der Waals surface area contributed by atoms with E-state index in [0.717, 1.165) is 12.8 Å². The summed E-state index contributed by atoms with van der Waals surface area (Å²) in [5.41, 5.74) is 5.73. The van der Waals surface area contributed by atoms with Gasteiger partial charge in [-0.2, -0.15) is 0 Å². The van der Waals surface area contributed by atoms with Crippen molar-refractivity contribution in [2.24, 2.45) is 5.73 Å². The van der Waals surface area contributed by atoms with Crippen LogP contribution in [0.25, 0.3) is 0 Å². The van der Waals surface area contributed by atoms with E-state index in [0.29, 0.717) is 6.04 Å². The summed E-state index contributed by atoms with van der Waals surface area (Å²) in [6.07, 6.45) is 2.17. The smallest absolute Gasteiger partial charge is 0.130 e. The minimum absolute atomic E-state index is 0.0967. The molecule has 1 aliphatic carbocycles. The maximum Gasteiger partial charge on any atom is 0.130 e. The van der Waals surface area contributed by atoms with Crippen LogP contribution in [0, 0.1) is 11.6 Å². The fraction of sp³-hybridized carbons (Fsp3) is 0.500. The molecule has 0 aliphatic heterocycles. The quantitative estimate of drug-likeness (QED) is 0.851. The summed E-state index contributed by atoms with van der Waals surface area (Å²) in [5.74, 6) is -1.02. The van der Waals surface area contributed by atoms with Crippen LogP contribution in [0.1, 0.15) is 24.4 Å². The molecule has 1 atom stereocenters. The van der Waals surface area contributed by atoms with Gasteiger partial charge in [-0.05, 0) is 32.0 Å². The molecule has 1 aliphatic rings. The fourth-order valence-corrected chi connectivity index (χ4v) is 2.05. The van der Waals surface area contributed by atoms with E-state index in [2.05, 4.69) is 0 Å². The van der Waals surface area contributed by atoms with Gasteiger partial charge in [-0.3, -0.25) is 4.90 Å². The first-order valence-corrected chi connectivity index (χ1v) is 5.51. The highest BCUT2D eigenvalue weighted by molar-refractivity contribution is 5.24. The molecule has 0 heterocycles. The van der Waals surface area contributed by atoms with E-state index in [1.807, 2.05) is 11.9 Å². The van der Waals surface area contributed by atoms with Gasteiger partial charge in [-0.25, -0.2) is 8.78 Å². The van der Waals surface area contributed by atoms with Crippen LogP contribution in [0.15, 0.2) is 18.2 Å². The zero-order valence-corrected chi connectivity index (χ0v) is 9.29. The lowest BCUT2D eigenvalue weighted by atomic mass is 10.0. The zero-order valence-electron chi connectivity index (χ0n) is 9.29. The van der Waals surface area contributed by atoms with Gasteiger partial charge in [0.15, 0.2) is 0 Å². The molecular weight excluding hydrogens is 210 g/mol. The molecular formula is C12H16F2N2. The number of benzene rings is 1. The summed E-state index contributed by atoms with van der Waals surface area (Å²) in [6.45, 7) is 0.227. The second-order valence-electron chi connectivity index (χ2n) is 4.28. The van der Waals surface area contributed by atoms with Crippen LogP contribution < -0.4 is 5.73 Å². The SMILES string of the molecule is CN(C1CC1)C(CN)c1c(F)cccc1F. The van der Waals surface area contributed by atoms with Crippen molar-refractivity contribution in [2.75, 3.05) is 13.6 Å². The Balaban J connectivity index is 2.31. The molecule has 2 nitrogen and oxygen atoms in total. The molecule has 1 fully saturated rings. The molecule has 0 bridgehead atoms. The molecule has 1 aromatic carbocycles. The van der Waals surface area contributed by atoms with Gasteiger partial charge in [0.05, 0.1) is 6.04 Å². The van der Waals surface area contributed by atoms with Crippen LogP contribution >= 0.6 is 0 Å². The van der Waals surface area contributed by atoms with Crippen molar-refractivity contribution in [1.82, 2.24) is 4.90 Å². The van der Waals surface area contributed by atoms with Crippen molar-refractivity contribution < 1.29 is 8.78 Å². The highest BCUT2D eigenvalue weighted by Crippen LogP contribution is 2.34. The summed E-state index contributed by atoms with van der Waals surface area (Å²) in [7, 11) is 1.88. The number of rotatable bonds is 4. The molecule has 4 heteroatoms. The van der Waals surface area contributed by atoms with E-state index in [9.17, 15) is 8.78 Å². The first kappa shape index (κ1) is 11.5. The van der Waals surface area contributed by atoms with Crippen LogP contribution in [-0.2, 0) is 0 Å². The van der Waals surface area contributed by atoms with Crippen molar-refractivity contribution in [3.05, 3.63) is 35.4 Å². The number of halogens is 2. The van der Waals surface area contributed by atoms with E-state index in [-0.39, 0.29) is 18.2 Å². The van der Waals surface area contributed by atoms with E-state index < -0.39 is 11.6 Å². The van der Waals surface area contributed by atoms with Gasteiger partial charge in [-0.1, -0.05) is 6.07 Å². The Kier molecular flexibility index (Phi) is 3.21. The molecule has 0 saturated heterocycles. The van der Waals surface area contributed by atoms with Crippen LogP contribution in [-0.4, -0.2) is 24.5 Å². The Morgan fingerprint density at radius 3 is 2.38 bits per heavy atom. The molecule has 0 aromatic heterocycles. The van der Waals surface area contributed by atoms with E-state index >= 15 is 0 Å². The molecule has 0 spiro atoms. The summed E-state index contributed by atoms with van der Waals surface area (Å²) in [5, 5.41) is 0. The minimum Gasteiger partial charge on any atom is -0.329 e. The topological polar surface area (TPSA) is 29.3 Å². The third-order valence-electron chi connectivity index (χ3n) is 3.17. The van der Waals surface area contributed by atoms with Crippen LogP contribution in [0.4, 0.5) is 8.78 Å². The van der Waals surface area contributed by atoms with Crippen molar-refractivity contribution in [3.63, 3.8) is 0 Å². The number of hydrogen-bond donors (Lipinski definition) is 1. The molecule has 2 N–H and O–H groups in total. The standard InChI is InChI=1S/C12H16F2N2/c1-16(8-5-6-8)11(7-15)12-9(13)3-2-4-10(12)14/h2-4,8,11H,5-7,15H2,1H3. The highest BCUT2D eigenvalue weighted by Gasteiger charge is 2.33. The molecule has 2 rings (SSSR count). The first-order chi connectivity index (χ1) is 7.65. The predicted molar refractivity (Wildman–Crippen MR) is 58.9 cm³/mol. The number of hydrogen-bond acceptors (Lipinski definition) is 2. The molecule has 88 valence electrons. The average molecular weight is 226 g/mol. The zero-order chi connectivity index (χ0) is 11.7. The largest absolute Gasteiger partial charge is 0.329 e. The lowest BCUT2D eigenvalue weighted by Crippen LogP contribution is -2.33. The van der Waals surface area contributed by atoms with Crippen molar-refractivity contribution in [3.8, 4) is 0 Å². The Labute approximate surface area is 94.0 Å². The lowest BCUT2D eigenvalue weighted by molar-refractivity contribution is 0.229. The minimum atomic E-state index is -0.511. The van der Waals surface area contributed by atoms with E-state index in [4.69, 9.17) is 5.73 Å². The van der Waals surface area contributed by atoms with Gasteiger partial charge < -0.3 is 5.73 Å². The van der Waals surface area contributed by atoms with Crippen molar-refractivity contribution in [2.45, 2.75) is 24.9 Å². The van der Waals surface area contributed by atoms with Gasteiger partial charge in [-0.15, -0.1) is 0 Å². The van der Waals surface area contributed by atoms with Gasteiger partial charge >= 0.3 is 0 Å². The van der Waals surface area contributed by atoms with Crippen LogP contribution in [0.2, 0.25) is 0 Å². The second-order valence-corrected chi connectivity index (χ2v) is 4.28. The molecule has 0 radical (unpaired) electrons. The van der Waals surface area contributed by atoms with Crippen molar-refractivity contribution in [1.29, 1.82) is 0 Å². The predicted octanol–water partition coefficient (Wildman–Crippen LogP) is 2.06. The number of nitrogens with zero attached hydrogens (tertiary/aromatic N) is 1. The maximum absolute atomic E-state index is 13.6. The monoisotopic (exact) mass is 226 g/mol. The molecule has 1 saturated carbocycles. The van der Waals surface area contributed by atoms with E-state index in [1.54, 1.807) is 0 Å².